The van der Waals surface area contributed by atoms with Gasteiger partial charge < -0.3 is 11.1 Å². The largest absolute Gasteiger partial charge is 0.330 e. The molecule has 1 aliphatic rings. The average Bonchev–Trinajstić information content (AvgIpc) is 2.03. The van der Waals surface area contributed by atoms with Crippen LogP contribution in [0, 0.1) is 0 Å². The van der Waals surface area contributed by atoms with Gasteiger partial charge in [0.25, 0.3) is 0 Å². The van der Waals surface area contributed by atoms with Crippen molar-refractivity contribution in [3.8, 4) is 0 Å². The summed E-state index contributed by atoms with van der Waals surface area (Å²) in [5, 5.41) is 3.50. The van der Waals surface area contributed by atoms with E-state index in [1.165, 1.54) is 38.6 Å². The van der Waals surface area contributed by atoms with E-state index in [9.17, 15) is 0 Å². The molecule has 1 unspecified atom stereocenters. The summed E-state index contributed by atoms with van der Waals surface area (Å²) < 4.78 is 0. The fraction of sp³-hybridized carbons (Fsp3) is 1.00. The summed E-state index contributed by atoms with van der Waals surface area (Å²) in [5.74, 6) is 0. The third-order valence-electron chi connectivity index (χ3n) is 2.17. The summed E-state index contributed by atoms with van der Waals surface area (Å²) in [6, 6.07) is 0.775. The quantitative estimate of drug-likeness (QED) is 0.613. The Morgan fingerprint density at radius 3 is 2.90 bits per heavy atom. The van der Waals surface area contributed by atoms with Crippen molar-refractivity contribution in [3.05, 3.63) is 0 Å². The maximum absolute atomic E-state index is 5.42. The summed E-state index contributed by atoms with van der Waals surface area (Å²) in [7, 11) is 0. The Bertz CT molecular complexity index is 77.3. The molecule has 0 amide bonds. The van der Waals surface area contributed by atoms with Gasteiger partial charge in [-0.15, -0.1) is 0 Å². The molecule has 1 fully saturated rings. The van der Waals surface area contributed by atoms with Gasteiger partial charge in [0.1, 0.15) is 0 Å². The fourth-order valence-electron chi connectivity index (χ4n) is 1.53. The summed E-state index contributed by atoms with van der Waals surface area (Å²) in [5.41, 5.74) is 5.42. The van der Waals surface area contributed by atoms with E-state index in [0.29, 0.717) is 0 Å². The van der Waals surface area contributed by atoms with Crippen molar-refractivity contribution in [2.45, 2.75) is 38.1 Å². The summed E-state index contributed by atoms with van der Waals surface area (Å²) >= 11 is 0. The first-order chi connectivity index (χ1) is 4.93. The van der Waals surface area contributed by atoms with Crippen LogP contribution in [0.4, 0.5) is 0 Å². The summed E-state index contributed by atoms with van der Waals surface area (Å²) in [6.45, 7) is 2.06. The number of piperidine rings is 1. The van der Waals surface area contributed by atoms with Crippen molar-refractivity contribution in [3.63, 3.8) is 0 Å². The molecule has 0 aromatic heterocycles. The third kappa shape index (κ3) is 2.67. The molecule has 2 heteroatoms. The van der Waals surface area contributed by atoms with Crippen LogP contribution in [-0.2, 0) is 0 Å². The average molecular weight is 142 g/mol. The second-order valence-electron chi connectivity index (χ2n) is 3.08. The van der Waals surface area contributed by atoms with E-state index in [1.807, 2.05) is 0 Å². The Labute approximate surface area is 63.2 Å². The van der Waals surface area contributed by atoms with E-state index in [1.54, 1.807) is 0 Å². The zero-order valence-corrected chi connectivity index (χ0v) is 6.60. The van der Waals surface area contributed by atoms with E-state index in [0.717, 1.165) is 12.6 Å². The first-order valence-electron chi connectivity index (χ1n) is 4.37. The Hall–Kier alpha value is -0.0800. The number of rotatable bonds is 3. The topological polar surface area (TPSA) is 38.0 Å². The molecule has 0 bridgehead atoms. The highest BCUT2D eigenvalue weighted by molar-refractivity contribution is 4.71. The molecule has 0 saturated carbocycles. The lowest BCUT2D eigenvalue weighted by Gasteiger charge is -2.22. The molecule has 0 radical (unpaired) electrons. The fourth-order valence-corrected chi connectivity index (χ4v) is 1.53. The van der Waals surface area contributed by atoms with Gasteiger partial charge in [-0.05, 0) is 38.8 Å². The van der Waals surface area contributed by atoms with Crippen LogP contribution in [0.3, 0.4) is 0 Å². The number of hydrogen-bond donors (Lipinski definition) is 2. The van der Waals surface area contributed by atoms with E-state index in [-0.39, 0.29) is 0 Å². The molecule has 0 aromatic rings. The molecule has 2 nitrogen and oxygen atoms in total. The molecule has 1 rings (SSSR count). The first kappa shape index (κ1) is 8.02. The van der Waals surface area contributed by atoms with Gasteiger partial charge in [0.05, 0.1) is 0 Å². The lowest BCUT2D eigenvalue weighted by molar-refractivity contribution is 0.377. The smallest absolute Gasteiger partial charge is 0.00675 e. The highest BCUT2D eigenvalue weighted by Crippen LogP contribution is 2.10. The zero-order valence-electron chi connectivity index (χ0n) is 6.60. The van der Waals surface area contributed by atoms with Crippen LogP contribution in [0.5, 0.6) is 0 Å². The van der Waals surface area contributed by atoms with Crippen molar-refractivity contribution in [2.24, 2.45) is 5.73 Å². The van der Waals surface area contributed by atoms with Gasteiger partial charge in [0, 0.05) is 6.04 Å². The van der Waals surface area contributed by atoms with Crippen LogP contribution in [0.15, 0.2) is 0 Å². The summed E-state index contributed by atoms with van der Waals surface area (Å²) in [6.07, 6.45) is 6.58. The second-order valence-corrected chi connectivity index (χ2v) is 3.08. The number of hydrogen-bond acceptors (Lipinski definition) is 2. The van der Waals surface area contributed by atoms with Gasteiger partial charge >= 0.3 is 0 Å². The SMILES string of the molecule is NCCCC1CCCCN1. The molecule has 10 heavy (non-hydrogen) atoms. The standard InChI is InChI=1S/C8H18N2/c9-6-3-5-8-4-1-2-7-10-8/h8,10H,1-7,9H2. The van der Waals surface area contributed by atoms with Crippen molar-refractivity contribution in [2.75, 3.05) is 13.1 Å². The van der Waals surface area contributed by atoms with E-state index in [4.69, 9.17) is 5.73 Å². The maximum Gasteiger partial charge on any atom is 0.00675 e. The van der Waals surface area contributed by atoms with Gasteiger partial charge in [-0.2, -0.15) is 0 Å². The van der Waals surface area contributed by atoms with Crippen molar-refractivity contribution in [1.82, 2.24) is 5.32 Å². The monoisotopic (exact) mass is 142 g/mol. The van der Waals surface area contributed by atoms with Gasteiger partial charge in [0.2, 0.25) is 0 Å². The van der Waals surface area contributed by atoms with Crippen LogP contribution in [0.2, 0.25) is 0 Å². The predicted molar refractivity (Wildman–Crippen MR) is 43.9 cm³/mol. The van der Waals surface area contributed by atoms with Crippen LogP contribution < -0.4 is 11.1 Å². The van der Waals surface area contributed by atoms with Gasteiger partial charge in [-0.1, -0.05) is 6.42 Å². The minimum absolute atomic E-state index is 0.775. The van der Waals surface area contributed by atoms with Gasteiger partial charge in [-0.25, -0.2) is 0 Å². The summed E-state index contributed by atoms with van der Waals surface area (Å²) in [4.78, 5) is 0. The molecule has 1 atom stereocenters. The molecule has 1 saturated heterocycles. The van der Waals surface area contributed by atoms with Crippen molar-refractivity contribution < 1.29 is 0 Å². The lowest BCUT2D eigenvalue weighted by Crippen LogP contribution is -2.34. The highest BCUT2D eigenvalue weighted by atomic mass is 14.9. The molecule has 0 aromatic carbocycles. The van der Waals surface area contributed by atoms with Crippen LogP contribution in [0.1, 0.15) is 32.1 Å². The Balaban J connectivity index is 2.02. The Kier molecular flexibility index (Phi) is 3.76. The van der Waals surface area contributed by atoms with Crippen molar-refractivity contribution >= 4 is 0 Å². The first-order valence-corrected chi connectivity index (χ1v) is 4.37. The molecule has 0 spiro atoms. The van der Waals surface area contributed by atoms with E-state index in [2.05, 4.69) is 5.32 Å². The Morgan fingerprint density at radius 1 is 1.40 bits per heavy atom. The molecule has 0 aliphatic carbocycles. The molecule has 3 N–H and O–H groups in total. The van der Waals surface area contributed by atoms with E-state index < -0.39 is 0 Å². The Morgan fingerprint density at radius 2 is 2.30 bits per heavy atom. The number of nitrogens with one attached hydrogen (secondary N) is 1. The third-order valence-corrected chi connectivity index (χ3v) is 2.17. The van der Waals surface area contributed by atoms with Gasteiger partial charge in [0.15, 0.2) is 0 Å². The van der Waals surface area contributed by atoms with E-state index >= 15 is 0 Å². The minimum atomic E-state index is 0.775. The maximum atomic E-state index is 5.42. The highest BCUT2D eigenvalue weighted by Gasteiger charge is 2.10. The second kappa shape index (κ2) is 4.69. The molecule has 1 heterocycles. The van der Waals surface area contributed by atoms with Crippen LogP contribution >= 0.6 is 0 Å². The van der Waals surface area contributed by atoms with Gasteiger partial charge in [-0.3, -0.25) is 0 Å². The number of nitrogens with two attached hydrogens (primary N) is 1. The molecule has 60 valence electrons. The molecular formula is C8H18N2. The predicted octanol–water partition coefficient (Wildman–Crippen LogP) is 0.867. The molecule has 1 aliphatic heterocycles. The minimum Gasteiger partial charge on any atom is -0.330 e. The molecular weight excluding hydrogens is 124 g/mol. The lowest BCUT2D eigenvalue weighted by atomic mass is 10.0. The van der Waals surface area contributed by atoms with Crippen molar-refractivity contribution in [1.29, 1.82) is 0 Å². The normalized spacial score (nSPS) is 26.7. The zero-order chi connectivity index (χ0) is 7.23. The van der Waals surface area contributed by atoms with Crippen LogP contribution in [-0.4, -0.2) is 19.1 Å². The van der Waals surface area contributed by atoms with Crippen LogP contribution in [0.25, 0.3) is 0 Å².